The van der Waals surface area contributed by atoms with Gasteiger partial charge in [0.2, 0.25) is 5.91 Å². The third kappa shape index (κ3) is 3.87. The number of carbonyl (C=O) groups excluding carboxylic acids is 2. The van der Waals surface area contributed by atoms with Crippen LogP contribution in [-0.4, -0.2) is 16.8 Å². The number of aryl methyl sites for hydroxylation is 1. The van der Waals surface area contributed by atoms with E-state index in [4.69, 9.17) is 11.6 Å². The fourth-order valence-electron chi connectivity index (χ4n) is 2.47. The van der Waals surface area contributed by atoms with Crippen molar-refractivity contribution in [3.8, 4) is 0 Å². The van der Waals surface area contributed by atoms with Crippen LogP contribution in [0.1, 0.15) is 18.4 Å². The number of rotatable bonds is 4. The second-order valence-corrected chi connectivity index (χ2v) is 5.85. The van der Waals surface area contributed by atoms with Crippen molar-refractivity contribution in [2.45, 2.75) is 19.8 Å². The van der Waals surface area contributed by atoms with E-state index in [0.717, 1.165) is 0 Å². The lowest BCUT2D eigenvalue weighted by Crippen LogP contribution is -2.42. The van der Waals surface area contributed by atoms with Gasteiger partial charge in [0, 0.05) is 29.1 Å². The van der Waals surface area contributed by atoms with E-state index in [1.54, 1.807) is 13.0 Å². The van der Waals surface area contributed by atoms with Crippen LogP contribution < -0.4 is 10.4 Å². The summed E-state index contributed by atoms with van der Waals surface area (Å²) in [4.78, 5) is 33.8. The summed E-state index contributed by atoms with van der Waals surface area (Å²) in [5.74, 6) is -3.72. The van der Waals surface area contributed by atoms with Crippen LogP contribution in [0.4, 0.5) is 11.4 Å². The molecule has 0 fully saturated rings. The predicted molar refractivity (Wildman–Crippen MR) is 81.6 cm³/mol. The first kappa shape index (κ1) is 17.0. The van der Waals surface area contributed by atoms with Crippen molar-refractivity contribution < 1.29 is 19.6 Å². The number of amides is 1. The monoisotopic (exact) mass is 337 g/mol. The largest absolute Gasteiger partial charge is 0.550 e. The van der Waals surface area contributed by atoms with Crippen LogP contribution in [0.2, 0.25) is 0 Å². The lowest BCUT2D eigenvalue weighted by atomic mass is 9.82. The van der Waals surface area contributed by atoms with Gasteiger partial charge in [0.1, 0.15) is 0 Å². The van der Waals surface area contributed by atoms with Crippen LogP contribution >= 0.6 is 11.6 Å². The first-order valence-electron chi connectivity index (χ1n) is 6.91. The maximum atomic E-state index is 12.4. The number of carbonyl (C=O) groups is 2. The van der Waals surface area contributed by atoms with Gasteiger partial charge in [-0.1, -0.05) is 23.7 Å². The Morgan fingerprint density at radius 1 is 1.35 bits per heavy atom. The number of carboxylic acids is 1. The fraction of sp³-hybridized carbons (Fsp3) is 0.333. The summed E-state index contributed by atoms with van der Waals surface area (Å²) in [7, 11) is 0. The van der Waals surface area contributed by atoms with Crippen molar-refractivity contribution in [2.75, 3.05) is 5.32 Å². The number of hydrogen-bond acceptors (Lipinski definition) is 5. The van der Waals surface area contributed by atoms with E-state index in [1.807, 2.05) is 0 Å². The van der Waals surface area contributed by atoms with Gasteiger partial charge in [0.05, 0.1) is 16.5 Å². The maximum Gasteiger partial charge on any atom is 0.271 e. The minimum atomic E-state index is -1.32. The highest BCUT2D eigenvalue weighted by Crippen LogP contribution is 2.33. The zero-order valence-electron chi connectivity index (χ0n) is 12.2. The molecule has 0 bridgehead atoms. The first-order valence-corrected chi connectivity index (χ1v) is 7.28. The molecule has 2 rings (SSSR count). The zero-order valence-corrected chi connectivity index (χ0v) is 13.0. The zero-order chi connectivity index (χ0) is 17.1. The molecule has 1 aromatic rings. The van der Waals surface area contributed by atoms with Gasteiger partial charge in [-0.3, -0.25) is 14.9 Å². The van der Waals surface area contributed by atoms with Crippen molar-refractivity contribution in [2.24, 2.45) is 11.8 Å². The summed E-state index contributed by atoms with van der Waals surface area (Å²) in [6.45, 7) is 1.68. The first-order chi connectivity index (χ1) is 10.8. The Kier molecular flexibility index (Phi) is 5.00. The molecule has 23 heavy (non-hydrogen) atoms. The molecule has 122 valence electrons. The molecular weight excluding hydrogens is 324 g/mol. The van der Waals surface area contributed by atoms with Crippen LogP contribution in [0.15, 0.2) is 29.3 Å². The minimum absolute atomic E-state index is 0.0972. The molecule has 1 aliphatic carbocycles. The Bertz CT molecular complexity index is 701. The number of nitrogens with one attached hydrogen (secondary N) is 1. The van der Waals surface area contributed by atoms with E-state index < -0.39 is 28.6 Å². The average molecular weight is 338 g/mol. The van der Waals surface area contributed by atoms with E-state index in [2.05, 4.69) is 5.32 Å². The summed E-state index contributed by atoms with van der Waals surface area (Å²) in [6, 6.07) is 4.08. The van der Waals surface area contributed by atoms with Crippen LogP contribution in [-0.2, 0) is 9.59 Å². The molecule has 2 atom stereocenters. The molecule has 1 N–H and O–H groups in total. The molecular formula is C15H14ClN2O5-. The number of hydrogen-bond donors (Lipinski definition) is 1. The minimum Gasteiger partial charge on any atom is -0.550 e. The molecule has 0 radical (unpaired) electrons. The summed E-state index contributed by atoms with van der Waals surface area (Å²) < 4.78 is 0. The van der Waals surface area contributed by atoms with Crippen molar-refractivity contribution in [3.63, 3.8) is 0 Å². The van der Waals surface area contributed by atoms with E-state index >= 15 is 0 Å². The van der Waals surface area contributed by atoms with E-state index in [-0.39, 0.29) is 24.2 Å². The smallest absolute Gasteiger partial charge is 0.271 e. The topological polar surface area (TPSA) is 112 Å². The van der Waals surface area contributed by atoms with E-state index in [9.17, 15) is 24.8 Å². The van der Waals surface area contributed by atoms with Gasteiger partial charge < -0.3 is 15.2 Å². The number of benzene rings is 1. The van der Waals surface area contributed by atoms with Gasteiger partial charge in [-0.15, -0.1) is 0 Å². The van der Waals surface area contributed by atoms with Gasteiger partial charge in [-0.2, -0.15) is 0 Å². The lowest BCUT2D eigenvalue weighted by molar-refractivity contribution is -0.384. The number of non-ortho nitro benzene ring substituents is 1. The molecule has 0 spiro atoms. The van der Waals surface area contributed by atoms with Crippen molar-refractivity contribution in [1.29, 1.82) is 0 Å². The molecule has 1 aliphatic rings. The molecule has 7 nitrogen and oxygen atoms in total. The molecule has 0 aliphatic heterocycles. The van der Waals surface area contributed by atoms with Gasteiger partial charge >= 0.3 is 0 Å². The van der Waals surface area contributed by atoms with Crippen molar-refractivity contribution in [3.05, 3.63) is 45.0 Å². The summed E-state index contributed by atoms with van der Waals surface area (Å²) in [5.41, 5.74) is 0.738. The van der Waals surface area contributed by atoms with Crippen molar-refractivity contribution >= 4 is 34.9 Å². The number of nitro groups is 1. The normalized spacial score (nSPS) is 20.5. The SMILES string of the molecule is Cc1ccc([N+](=O)[O-])cc1NC(=O)[C@H]1CC(Cl)=CC[C@@H]1C(=O)[O-]. The summed E-state index contributed by atoms with van der Waals surface area (Å²) in [5, 5.41) is 25.0. The van der Waals surface area contributed by atoms with Gasteiger partial charge in [0.25, 0.3) is 5.69 Å². The van der Waals surface area contributed by atoms with Gasteiger partial charge in [0.15, 0.2) is 0 Å². The number of nitrogens with zero attached hydrogens (tertiary/aromatic N) is 1. The highest BCUT2D eigenvalue weighted by Gasteiger charge is 2.32. The van der Waals surface area contributed by atoms with Crippen LogP contribution in [0.25, 0.3) is 0 Å². The van der Waals surface area contributed by atoms with Crippen LogP contribution in [0.5, 0.6) is 0 Å². The number of halogens is 1. The number of carboxylic acid groups (broad SMARTS) is 1. The predicted octanol–water partition coefficient (Wildman–Crippen LogP) is 1.74. The molecule has 8 heteroatoms. The Hall–Kier alpha value is -2.41. The van der Waals surface area contributed by atoms with Crippen molar-refractivity contribution in [1.82, 2.24) is 0 Å². The Morgan fingerprint density at radius 2 is 2.04 bits per heavy atom. The van der Waals surface area contributed by atoms with E-state index in [1.165, 1.54) is 18.2 Å². The molecule has 0 aromatic heterocycles. The molecule has 1 amide bonds. The van der Waals surface area contributed by atoms with Gasteiger partial charge in [-0.25, -0.2) is 0 Å². The Balaban J connectivity index is 2.24. The molecule has 0 heterocycles. The third-order valence-electron chi connectivity index (χ3n) is 3.82. The molecule has 0 unspecified atom stereocenters. The number of anilines is 1. The molecule has 1 aromatic carbocycles. The Morgan fingerprint density at radius 3 is 2.65 bits per heavy atom. The molecule has 0 saturated heterocycles. The highest BCUT2D eigenvalue weighted by atomic mass is 35.5. The second kappa shape index (κ2) is 6.78. The van der Waals surface area contributed by atoms with Crippen LogP contribution in [0, 0.1) is 28.9 Å². The van der Waals surface area contributed by atoms with Gasteiger partial charge in [-0.05, 0) is 25.3 Å². The summed E-state index contributed by atoms with van der Waals surface area (Å²) >= 11 is 5.90. The Labute approximate surface area is 137 Å². The number of nitro benzene ring substituents is 1. The maximum absolute atomic E-state index is 12.4. The quantitative estimate of drug-likeness (QED) is 0.664. The second-order valence-electron chi connectivity index (χ2n) is 5.37. The summed E-state index contributed by atoms with van der Waals surface area (Å²) in [6.07, 6.45) is 1.78. The lowest BCUT2D eigenvalue weighted by Gasteiger charge is -2.29. The number of aliphatic carboxylic acids is 1. The number of allylic oxidation sites excluding steroid dienone is 2. The average Bonchev–Trinajstić information content (AvgIpc) is 2.48. The third-order valence-corrected chi connectivity index (χ3v) is 4.13. The fourth-order valence-corrected chi connectivity index (χ4v) is 2.73. The highest BCUT2D eigenvalue weighted by molar-refractivity contribution is 6.29. The standard InChI is InChI=1S/C15H15ClN2O5/c1-8-2-4-10(18(22)23)7-13(8)17-14(19)12-6-9(16)3-5-11(12)15(20)21/h2-4,7,11-12H,5-6H2,1H3,(H,17,19)(H,20,21)/p-1/t11-,12-/m0/s1. The van der Waals surface area contributed by atoms with Crippen LogP contribution in [0.3, 0.4) is 0 Å². The molecule has 0 saturated carbocycles. The van der Waals surface area contributed by atoms with E-state index in [0.29, 0.717) is 10.6 Å².